The first-order valence-corrected chi connectivity index (χ1v) is 6.80. The lowest BCUT2D eigenvalue weighted by molar-refractivity contribution is -0.147. The Bertz CT molecular complexity index is 408. The predicted molar refractivity (Wildman–Crippen MR) is 70.8 cm³/mol. The summed E-state index contributed by atoms with van der Waals surface area (Å²) in [6, 6.07) is 0. The van der Waals surface area contributed by atoms with E-state index in [9.17, 15) is 22.5 Å². The number of hydrogen-bond donors (Lipinski definition) is 0. The Labute approximate surface area is 121 Å². The third kappa shape index (κ3) is 4.82. The number of carbonyl (C=O) groups is 2. The Balaban J connectivity index is 2.85. The second kappa shape index (κ2) is 6.15. The van der Waals surface area contributed by atoms with Crippen LogP contribution in [-0.4, -0.2) is 49.2 Å². The zero-order valence-electron chi connectivity index (χ0n) is 12.6. The van der Waals surface area contributed by atoms with Crippen LogP contribution in [0.2, 0.25) is 5.82 Å². The highest BCUT2D eigenvalue weighted by atomic mass is 19.4. The van der Waals surface area contributed by atoms with E-state index in [2.05, 4.69) is 4.74 Å². The second-order valence-corrected chi connectivity index (χ2v) is 6.03. The van der Waals surface area contributed by atoms with Gasteiger partial charge in [-0.05, 0) is 33.5 Å². The number of carbonyl (C=O) groups excluding carboxylic acids is 2. The number of hydrogen-bond acceptors (Lipinski definition) is 4. The molecule has 0 bridgehead atoms. The van der Waals surface area contributed by atoms with Gasteiger partial charge in [0.2, 0.25) is 0 Å². The van der Waals surface area contributed by atoms with Crippen LogP contribution in [0.15, 0.2) is 0 Å². The van der Waals surface area contributed by atoms with Crippen molar-refractivity contribution in [3.05, 3.63) is 0 Å². The zero-order valence-corrected chi connectivity index (χ0v) is 12.6. The topological polar surface area (TPSA) is 55.8 Å². The van der Waals surface area contributed by atoms with Crippen molar-refractivity contribution in [3.8, 4) is 0 Å². The Hall–Kier alpha value is -1.41. The minimum Gasteiger partial charge on any atom is -0.466 e. The fourth-order valence-corrected chi connectivity index (χ4v) is 2.19. The number of esters is 1. The summed E-state index contributed by atoms with van der Waals surface area (Å²) in [5, 5.41) is 0. The highest BCUT2D eigenvalue weighted by Gasteiger charge is 2.50. The number of halogens is 3. The van der Waals surface area contributed by atoms with E-state index < -0.39 is 42.9 Å². The molecule has 5 nitrogen and oxygen atoms in total. The summed E-state index contributed by atoms with van der Waals surface area (Å²) in [7, 11) is 0. The molecule has 1 rings (SSSR count). The summed E-state index contributed by atoms with van der Waals surface area (Å²) in [5.74, 6) is -4.17. The summed E-state index contributed by atoms with van der Waals surface area (Å²) < 4.78 is 48.9. The standard InChI is InChI=1S/C12H20BF3NO4/c1-5-20-10(18)8-6-17(7-9(8)13(14,15)16)11(19)21-12(2,3)4/h8-9H,5-7H2,1-4H3/q-1. The zero-order chi connectivity index (χ0) is 16.4. The summed E-state index contributed by atoms with van der Waals surface area (Å²) in [4.78, 5) is 24.4. The van der Waals surface area contributed by atoms with Crippen molar-refractivity contribution in [2.75, 3.05) is 19.7 Å². The van der Waals surface area contributed by atoms with Crippen molar-refractivity contribution in [2.24, 2.45) is 5.92 Å². The fourth-order valence-electron chi connectivity index (χ4n) is 2.19. The van der Waals surface area contributed by atoms with Crippen LogP contribution in [0.4, 0.5) is 17.7 Å². The average molecular weight is 310 g/mol. The molecule has 9 heteroatoms. The van der Waals surface area contributed by atoms with Crippen molar-refractivity contribution in [1.82, 2.24) is 4.90 Å². The molecule has 0 radical (unpaired) electrons. The molecule has 0 saturated carbocycles. The molecule has 1 saturated heterocycles. The van der Waals surface area contributed by atoms with Crippen LogP contribution in [0.1, 0.15) is 27.7 Å². The van der Waals surface area contributed by atoms with E-state index in [-0.39, 0.29) is 13.2 Å². The maximum atomic E-state index is 13.1. The van der Waals surface area contributed by atoms with Crippen LogP contribution >= 0.6 is 0 Å². The van der Waals surface area contributed by atoms with Gasteiger partial charge in [-0.3, -0.25) is 4.79 Å². The first-order chi connectivity index (χ1) is 9.45. The Morgan fingerprint density at radius 2 is 1.81 bits per heavy atom. The Morgan fingerprint density at radius 1 is 1.24 bits per heavy atom. The van der Waals surface area contributed by atoms with Gasteiger partial charge < -0.3 is 27.3 Å². The van der Waals surface area contributed by atoms with Gasteiger partial charge >= 0.3 is 19.0 Å². The minimum absolute atomic E-state index is 0.000647. The maximum absolute atomic E-state index is 13.1. The maximum Gasteiger partial charge on any atom is 0.484 e. The lowest BCUT2D eigenvalue weighted by Gasteiger charge is -2.26. The summed E-state index contributed by atoms with van der Waals surface area (Å²) in [6.07, 6.45) is -0.848. The third-order valence-electron chi connectivity index (χ3n) is 3.09. The van der Waals surface area contributed by atoms with E-state index in [1.54, 1.807) is 20.8 Å². The summed E-state index contributed by atoms with van der Waals surface area (Å²) in [6.45, 7) is 0.228. The van der Waals surface area contributed by atoms with Crippen LogP contribution in [0, 0.1) is 5.92 Å². The molecule has 0 N–H and O–H groups in total. The monoisotopic (exact) mass is 310 g/mol. The van der Waals surface area contributed by atoms with E-state index in [1.807, 2.05) is 0 Å². The van der Waals surface area contributed by atoms with Crippen molar-refractivity contribution in [3.63, 3.8) is 0 Å². The molecule has 1 heterocycles. The fraction of sp³-hybridized carbons (Fsp3) is 0.833. The number of ether oxygens (including phenoxy) is 2. The normalized spacial score (nSPS) is 23.1. The molecule has 0 spiro atoms. The van der Waals surface area contributed by atoms with Gasteiger partial charge in [0.15, 0.2) is 0 Å². The van der Waals surface area contributed by atoms with Crippen LogP contribution < -0.4 is 0 Å². The summed E-state index contributed by atoms with van der Waals surface area (Å²) >= 11 is 0. The number of nitrogens with zero attached hydrogens (tertiary/aromatic N) is 1. The largest absolute Gasteiger partial charge is 0.484 e. The van der Waals surface area contributed by atoms with E-state index in [4.69, 9.17) is 4.74 Å². The first kappa shape index (κ1) is 17.6. The van der Waals surface area contributed by atoms with E-state index in [1.165, 1.54) is 6.92 Å². The molecule has 0 aromatic carbocycles. The molecule has 122 valence electrons. The first-order valence-electron chi connectivity index (χ1n) is 6.80. The molecule has 1 aliphatic heterocycles. The quantitative estimate of drug-likeness (QED) is 0.594. The van der Waals surface area contributed by atoms with Crippen molar-refractivity contribution in [1.29, 1.82) is 0 Å². The Morgan fingerprint density at radius 3 is 2.24 bits per heavy atom. The highest BCUT2D eigenvalue weighted by Crippen LogP contribution is 2.40. The second-order valence-electron chi connectivity index (χ2n) is 6.03. The number of likely N-dealkylation sites (tertiary alicyclic amines) is 1. The molecule has 2 unspecified atom stereocenters. The van der Waals surface area contributed by atoms with E-state index >= 15 is 0 Å². The predicted octanol–water partition coefficient (Wildman–Crippen LogP) is 2.63. The molecule has 2 atom stereocenters. The van der Waals surface area contributed by atoms with Crippen molar-refractivity contribution in [2.45, 2.75) is 39.1 Å². The van der Waals surface area contributed by atoms with Gasteiger partial charge in [0, 0.05) is 13.1 Å². The molecule has 1 amide bonds. The lowest BCUT2D eigenvalue weighted by atomic mass is 9.67. The van der Waals surface area contributed by atoms with Gasteiger partial charge in [-0.2, -0.15) is 0 Å². The minimum atomic E-state index is -5.25. The highest BCUT2D eigenvalue weighted by molar-refractivity contribution is 6.60. The van der Waals surface area contributed by atoms with Gasteiger partial charge in [-0.15, -0.1) is 0 Å². The van der Waals surface area contributed by atoms with Crippen LogP contribution in [0.3, 0.4) is 0 Å². The average Bonchev–Trinajstić information content (AvgIpc) is 2.71. The van der Waals surface area contributed by atoms with Crippen LogP contribution in [-0.2, 0) is 14.3 Å². The van der Waals surface area contributed by atoms with Crippen molar-refractivity contribution >= 4 is 19.0 Å². The molecule has 0 aromatic heterocycles. The molecule has 1 fully saturated rings. The molecule has 0 aliphatic carbocycles. The van der Waals surface area contributed by atoms with Crippen LogP contribution in [0.5, 0.6) is 0 Å². The number of rotatable bonds is 3. The lowest BCUT2D eigenvalue weighted by Crippen LogP contribution is -2.36. The van der Waals surface area contributed by atoms with Gasteiger partial charge in [0.1, 0.15) is 5.60 Å². The molecule has 21 heavy (non-hydrogen) atoms. The molecular weight excluding hydrogens is 290 g/mol. The van der Waals surface area contributed by atoms with Gasteiger partial charge in [0.25, 0.3) is 0 Å². The van der Waals surface area contributed by atoms with Gasteiger partial charge in [-0.25, -0.2) is 4.79 Å². The van der Waals surface area contributed by atoms with E-state index in [0.717, 1.165) is 4.90 Å². The van der Waals surface area contributed by atoms with E-state index in [0.29, 0.717) is 0 Å². The number of amides is 1. The SMILES string of the molecule is CCOC(=O)C1CN(C(=O)OC(C)(C)C)CC1[B-](F)(F)F. The van der Waals surface area contributed by atoms with Crippen molar-refractivity contribution < 1.29 is 32.0 Å². The smallest absolute Gasteiger partial charge is 0.466 e. The molecular formula is C12H20BF3NO4-. The molecule has 1 aliphatic rings. The molecule has 0 aromatic rings. The Kier molecular flexibility index (Phi) is 5.17. The van der Waals surface area contributed by atoms with Crippen LogP contribution in [0.25, 0.3) is 0 Å². The van der Waals surface area contributed by atoms with Gasteiger partial charge in [0.05, 0.1) is 12.5 Å². The summed E-state index contributed by atoms with van der Waals surface area (Å²) in [5.41, 5.74) is -0.808. The third-order valence-corrected chi connectivity index (χ3v) is 3.09. The van der Waals surface area contributed by atoms with Gasteiger partial charge in [-0.1, -0.05) is 0 Å².